The van der Waals surface area contributed by atoms with Gasteiger partial charge >= 0.3 is 0 Å². The highest BCUT2D eigenvalue weighted by molar-refractivity contribution is 5.64. The zero-order chi connectivity index (χ0) is 13.5. The van der Waals surface area contributed by atoms with E-state index in [0.717, 1.165) is 25.8 Å². The number of nitrogens with two attached hydrogens (primary N) is 2. The normalized spacial score (nSPS) is 12.3. The SMILES string of the molecule is NCCCC[C@H](N)c1cccc(-c2ccccc2)c1. The second-order valence-corrected chi connectivity index (χ2v) is 4.88. The van der Waals surface area contributed by atoms with E-state index in [4.69, 9.17) is 11.5 Å². The van der Waals surface area contributed by atoms with E-state index in [9.17, 15) is 0 Å². The van der Waals surface area contributed by atoms with E-state index in [2.05, 4.69) is 48.5 Å². The fourth-order valence-corrected chi connectivity index (χ4v) is 2.25. The van der Waals surface area contributed by atoms with Gasteiger partial charge in [0.25, 0.3) is 0 Å². The summed E-state index contributed by atoms with van der Waals surface area (Å²) >= 11 is 0. The first-order valence-corrected chi connectivity index (χ1v) is 6.92. The van der Waals surface area contributed by atoms with Crippen molar-refractivity contribution in [1.29, 1.82) is 0 Å². The van der Waals surface area contributed by atoms with Crippen LogP contribution in [0.15, 0.2) is 54.6 Å². The van der Waals surface area contributed by atoms with Gasteiger partial charge in [-0.2, -0.15) is 0 Å². The first-order valence-electron chi connectivity index (χ1n) is 6.92. The minimum absolute atomic E-state index is 0.107. The first kappa shape index (κ1) is 13.8. The van der Waals surface area contributed by atoms with Crippen LogP contribution >= 0.6 is 0 Å². The van der Waals surface area contributed by atoms with Crippen LogP contribution in [-0.4, -0.2) is 6.54 Å². The lowest BCUT2D eigenvalue weighted by molar-refractivity contribution is 0.591. The van der Waals surface area contributed by atoms with Gasteiger partial charge in [0.05, 0.1) is 0 Å². The molecule has 2 nitrogen and oxygen atoms in total. The summed E-state index contributed by atoms with van der Waals surface area (Å²) in [5.41, 5.74) is 15.4. The standard InChI is InChI=1S/C17H22N2/c18-12-5-4-11-17(19)16-10-6-9-15(13-16)14-7-2-1-3-8-14/h1-3,6-10,13,17H,4-5,11-12,18-19H2/t17-/m0/s1. The Hall–Kier alpha value is -1.64. The van der Waals surface area contributed by atoms with Crippen molar-refractivity contribution < 1.29 is 0 Å². The predicted octanol–water partition coefficient (Wildman–Crippen LogP) is 3.48. The maximum atomic E-state index is 6.24. The molecular formula is C17H22N2. The van der Waals surface area contributed by atoms with E-state index in [0.29, 0.717) is 0 Å². The average molecular weight is 254 g/mol. The summed E-state index contributed by atoms with van der Waals surface area (Å²) in [7, 11) is 0. The largest absolute Gasteiger partial charge is 0.330 e. The molecule has 2 rings (SSSR count). The molecule has 0 saturated heterocycles. The molecule has 0 amide bonds. The van der Waals surface area contributed by atoms with Crippen LogP contribution in [-0.2, 0) is 0 Å². The summed E-state index contributed by atoms with van der Waals surface area (Å²) in [6.45, 7) is 0.747. The summed E-state index contributed by atoms with van der Waals surface area (Å²) in [5, 5.41) is 0. The quantitative estimate of drug-likeness (QED) is 0.775. The highest BCUT2D eigenvalue weighted by Crippen LogP contribution is 2.24. The summed E-state index contributed by atoms with van der Waals surface area (Å²) in [6, 6.07) is 19.0. The molecule has 0 heterocycles. The van der Waals surface area contributed by atoms with Gasteiger partial charge in [0, 0.05) is 6.04 Å². The molecule has 0 unspecified atom stereocenters. The van der Waals surface area contributed by atoms with Gasteiger partial charge in [0.2, 0.25) is 0 Å². The molecule has 0 aliphatic heterocycles. The summed E-state index contributed by atoms with van der Waals surface area (Å²) < 4.78 is 0. The lowest BCUT2D eigenvalue weighted by Gasteiger charge is -2.13. The van der Waals surface area contributed by atoms with Gasteiger partial charge in [0.1, 0.15) is 0 Å². The molecular weight excluding hydrogens is 232 g/mol. The van der Waals surface area contributed by atoms with Crippen LogP contribution in [0.2, 0.25) is 0 Å². The highest BCUT2D eigenvalue weighted by Gasteiger charge is 2.06. The van der Waals surface area contributed by atoms with Crippen molar-refractivity contribution in [1.82, 2.24) is 0 Å². The Morgan fingerprint density at radius 1 is 0.842 bits per heavy atom. The van der Waals surface area contributed by atoms with Gasteiger partial charge in [-0.05, 0) is 42.1 Å². The third kappa shape index (κ3) is 3.91. The second kappa shape index (κ2) is 7.07. The maximum Gasteiger partial charge on any atom is 0.0295 e. The average Bonchev–Trinajstić information content (AvgIpc) is 2.48. The molecule has 4 N–H and O–H groups in total. The van der Waals surface area contributed by atoms with Gasteiger partial charge in [-0.1, -0.05) is 55.0 Å². The second-order valence-electron chi connectivity index (χ2n) is 4.88. The minimum atomic E-state index is 0.107. The van der Waals surface area contributed by atoms with Crippen molar-refractivity contribution >= 4 is 0 Å². The van der Waals surface area contributed by atoms with Crippen molar-refractivity contribution in [3.05, 3.63) is 60.2 Å². The number of benzene rings is 2. The number of rotatable bonds is 6. The fourth-order valence-electron chi connectivity index (χ4n) is 2.25. The van der Waals surface area contributed by atoms with E-state index < -0.39 is 0 Å². The zero-order valence-corrected chi connectivity index (χ0v) is 11.3. The van der Waals surface area contributed by atoms with Crippen molar-refractivity contribution in [3.8, 4) is 11.1 Å². The third-order valence-corrected chi connectivity index (χ3v) is 3.39. The predicted molar refractivity (Wildman–Crippen MR) is 81.7 cm³/mol. The zero-order valence-electron chi connectivity index (χ0n) is 11.3. The molecule has 1 atom stereocenters. The minimum Gasteiger partial charge on any atom is -0.330 e. The van der Waals surface area contributed by atoms with E-state index in [1.807, 2.05) is 6.07 Å². The summed E-state index contributed by atoms with van der Waals surface area (Å²) in [4.78, 5) is 0. The molecule has 2 aromatic carbocycles. The molecule has 0 aliphatic rings. The Labute approximate surface area is 115 Å². The number of hydrogen-bond donors (Lipinski definition) is 2. The molecule has 0 radical (unpaired) electrons. The molecule has 0 bridgehead atoms. The van der Waals surface area contributed by atoms with Crippen molar-refractivity contribution in [3.63, 3.8) is 0 Å². The van der Waals surface area contributed by atoms with Crippen molar-refractivity contribution in [2.45, 2.75) is 25.3 Å². The molecule has 0 aromatic heterocycles. The number of unbranched alkanes of at least 4 members (excludes halogenated alkanes) is 1. The molecule has 0 saturated carbocycles. The lowest BCUT2D eigenvalue weighted by Crippen LogP contribution is -2.11. The lowest BCUT2D eigenvalue weighted by atomic mass is 9.97. The molecule has 0 fully saturated rings. The topological polar surface area (TPSA) is 52.0 Å². The van der Waals surface area contributed by atoms with Crippen molar-refractivity contribution in [2.24, 2.45) is 11.5 Å². The van der Waals surface area contributed by atoms with Crippen LogP contribution in [0.1, 0.15) is 30.9 Å². The summed E-state index contributed by atoms with van der Waals surface area (Å²) in [6.07, 6.45) is 3.13. The summed E-state index contributed by atoms with van der Waals surface area (Å²) in [5.74, 6) is 0. The monoisotopic (exact) mass is 254 g/mol. The van der Waals surface area contributed by atoms with Gasteiger partial charge in [0.15, 0.2) is 0 Å². The molecule has 2 aromatic rings. The van der Waals surface area contributed by atoms with Gasteiger partial charge in [-0.15, -0.1) is 0 Å². The fraction of sp³-hybridized carbons (Fsp3) is 0.294. The molecule has 2 heteroatoms. The van der Waals surface area contributed by atoms with E-state index >= 15 is 0 Å². The maximum absolute atomic E-state index is 6.24. The Balaban J connectivity index is 2.11. The van der Waals surface area contributed by atoms with Crippen LogP contribution in [0.25, 0.3) is 11.1 Å². The Morgan fingerprint density at radius 3 is 2.32 bits per heavy atom. The van der Waals surface area contributed by atoms with Gasteiger partial charge < -0.3 is 11.5 Å². The van der Waals surface area contributed by atoms with Crippen LogP contribution < -0.4 is 11.5 Å². The number of hydrogen-bond acceptors (Lipinski definition) is 2. The first-order chi connectivity index (χ1) is 9.31. The van der Waals surface area contributed by atoms with E-state index in [1.54, 1.807) is 0 Å². The third-order valence-electron chi connectivity index (χ3n) is 3.39. The van der Waals surface area contributed by atoms with Crippen LogP contribution in [0, 0.1) is 0 Å². The van der Waals surface area contributed by atoms with Crippen LogP contribution in [0.3, 0.4) is 0 Å². The Bertz CT molecular complexity index is 494. The Kier molecular flexibility index (Phi) is 5.13. The van der Waals surface area contributed by atoms with Gasteiger partial charge in [-0.3, -0.25) is 0 Å². The van der Waals surface area contributed by atoms with Crippen LogP contribution in [0.5, 0.6) is 0 Å². The molecule has 0 spiro atoms. The Morgan fingerprint density at radius 2 is 1.58 bits per heavy atom. The van der Waals surface area contributed by atoms with Crippen LogP contribution in [0.4, 0.5) is 0 Å². The smallest absolute Gasteiger partial charge is 0.0295 e. The molecule has 100 valence electrons. The van der Waals surface area contributed by atoms with E-state index in [1.165, 1.54) is 16.7 Å². The molecule has 0 aliphatic carbocycles. The highest BCUT2D eigenvalue weighted by atomic mass is 14.6. The van der Waals surface area contributed by atoms with Gasteiger partial charge in [-0.25, -0.2) is 0 Å². The van der Waals surface area contributed by atoms with Crippen molar-refractivity contribution in [2.75, 3.05) is 6.54 Å². The van der Waals surface area contributed by atoms with E-state index in [-0.39, 0.29) is 6.04 Å². The molecule has 19 heavy (non-hydrogen) atoms.